The molecule has 0 amide bonds. The van der Waals surface area contributed by atoms with Crippen molar-refractivity contribution in [3.63, 3.8) is 0 Å². The fourth-order valence-electron chi connectivity index (χ4n) is 7.33. The minimum atomic E-state index is -0.265. The second kappa shape index (κ2) is 6.78. The normalized spacial score (nSPS) is 16.3. The molecule has 2 aliphatic carbocycles. The van der Waals surface area contributed by atoms with Gasteiger partial charge in [0.05, 0.1) is 0 Å². The van der Waals surface area contributed by atoms with Crippen molar-refractivity contribution < 1.29 is 4.42 Å². The fourth-order valence-corrected chi connectivity index (χ4v) is 7.78. The number of hydrogen-bond donors (Lipinski definition) is 0. The molecular weight excluding hydrogens is 495 g/mol. The molecule has 0 atom stereocenters. The van der Waals surface area contributed by atoms with Crippen molar-refractivity contribution in [3.8, 4) is 22.3 Å². The van der Waals surface area contributed by atoms with Crippen molar-refractivity contribution in [1.82, 2.24) is 0 Å². The highest BCUT2D eigenvalue weighted by molar-refractivity contribution is 6.37. The number of hydrogen-bond acceptors (Lipinski definition) is 1. The first-order valence-electron chi connectivity index (χ1n) is 12.8. The van der Waals surface area contributed by atoms with Gasteiger partial charge in [-0.2, -0.15) is 0 Å². The Hall–Kier alpha value is -3.26. The smallest absolute Gasteiger partial charge is 0.144 e. The summed E-state index contributed by atoms with van der Waals surface area (Å²) in [5, 5.41) is 6.16. The zero-order valence-corrected chi connectivity index (χ0v) is 22.6. The first-order valence-corrected chi connectivity index (χ1v) is 13.5. The predicted molar refractivity (Wildman–Crippen MR) is 156 cm³/mol. The summed E-state index contributed by atoms with van der Waals surface area (Å²) >= 11 is 13.5. The van der Waals surface area contributed by atoms with Gasteiger partial charge in [-0.1, -0.05) is 99.4 Å². The lowest BCUT2D eigenvalue weighted by Crippen LogP contribution is -2.24. The van der Waals surface area contributed by atoms with Crippen molar-refractivity contribution in [2.45, 2.75) is 38.5 Å². The highest BCUT2D eigenvalue weighted by atomic mass is 35.5. The van der Waals surface area contributed by atoms with E-state index in [1.807, 2.05) is 6.07 Å². The molecule has 0 spiro atoms. The average molecular weight is 519 g/mol. The number of rotatable bonds is 0. The third-order valence-electron chi connectivity index (χ3n) is 8.91. The van der Waals surface area contributed by atoms with Gasteiger partial charge in [-0.25, -0.2) is 0 Å². The maximum atomic E-state index is 6.92. The van der Waals surface area contributed by atoms with E-state index in [9.17, 15) is 0 Å². The van der Waals surface area contributed by atoms with Crippen molar-refractivity contribution >= 4 is 55.9 Å². The molecule has 1 aromatic heterocycles. The monoisotopic (exact) mass is 518 g/mol. The van der Waals surface area contributed by atoms with Crippen LogP contribution in [-0.2, 0) is 10.8 Å². The second-order valence-corrected chi connectivity index (χ2v) is 12.4. The minimum absolute atomic E-state index is 0.231. The van der Waals surface area contributed by atoms with E-state index in [-0.39, 0.29) is 10.8 Å². The molecule has 180 valence electrons. The molecule has 0 saturated heterocycles. The summed E-state index contributed by atoms with van der Waals surface area (Å²) in [6, 6.07) is 25.5. The number of para-hydroxylation sites is 1. The van der Waals surface area contributed by atoms with E-state index >= 15 is 0 Å². The molecular formula is C34H24Cl2O. The van der Waals surface area contributed by atoms with Gasteiger partial charge in [-0.15, -0.1) is 0 Å². The van der Waals surface area contributed by atoms with Gasteiger partial charge in [0, 0.05) is 42.6 Å². The van der Waals surface area contributed by atoms with E-state index in [2.05, 4.69) is 94.4 Å². The molecule has 0 aliphatic heterocycles. The number of furan rings is 1. The molecule has 0 N–H and O–H groups in total. The molecule has 0 unspecified atom stereocenters. The fraction of sp³-hybridized carbons (Fsp3) is 0.176. The van der Waals surface area contributed by atoms with E-state index in [4.69, 9.17) is 27.6 Å². The van der Waals surface area contributed by atoms with Crippen molar-refractivity contribution in [1.29, 1.82) is 0 Å². The third kappa shape index (κ3) is 2.48. The Balaban J connectivity index is 1.69. The molecule has 6 aromatic rings. The van der Waals surface area contributed by atoms with E-state index in [1.54, 1.807) is 0 Å². The van der Waals surface area contributed by atoms with Gasteiger partial charge in [0.2, 0.25) is 0 Å². The van der Waals surface area contributed by atoms with Crippen LogP contribution in [0.4, 0.5) is 0 Å². The number of halogens is 2. The Morgan fingerprint density at radius 1 is 0.622 bits per heavy atom. The van der Waals surface area contributed by atoms with Crippen LogP contribution in [0.2, 0.25) is 10.0 Å². The van der Waals surface area contributed by atoms with Crippen LogP contribution in [0.3, 0.4) is 0 Å². The molecule has 0 radical (unpaired) electrons. The lowest BCUT2D eigenvalue weighted by atomic mass is 9.72. The zero-order valence-electron chi connectivity index (χ0n) is 21.1. The summed E-state index contributed by atoms with van der Waals surface area (Å²) in [5.74, 6) is 0. The van der Waals surface area contributed by atoms with Gasteiger partial charge in [0.15, 0.2) is 0 Å². The molecule has 5 aromatic carbocycles. The molecule has 3 heteroatoms. The van der Waals surface area contributed by atoms with E-state index in [1.165, 1.54) is 55.3 Å². The quantitative estimate of drug-likeness (QED) is 0.195. The molecule has 0 fully saturated rings. The SMILES string of the molecule is CC1(C)c2cc(Cl)c3ccccc3c2-c2c1c1c(c3c2oc2ccccc23)-c2ccc(Cl)cc2C1(C)C. The van der Waals surface area contributed by atoms with Crippen LogP contribution in [0.15, 0.2) is 77.2 Å². The van der Waals surface area contributed by atoms with Gasteiger partial charge in [-0.3, -0.25) is 0 Å². The largest absolute Gasteiger partial charge is 0.455 e. The predicted octanol–water partition coefficient (Wildman–Crippen LogP) is 10.7. The molecule has 1 heterocycles. The van der Waals surface area contributed by atoms with Gasteiger partial charge >= 0.3 is 0 Å². The summed E-state index contributed by atoms with van der Waals surface area (Å²) in [4.78, 5) is 0. The topological polar surface area (TPSA) is 13.1 Å². The Bertz CT molecular complexity index is 2010. The molecule has 1 nitrogen and oxygen atoms in total. The summed E-state index contributed by atoms with van der Waals surface area (Å²) in [6.07, 6.45) is 0. The summed E-state index contributed by atoms with van der Waals surface area (Å²) in [5.41, 5.74) is 11.6. The highest BCUT2D eigenvalue weighted by Gasteiger charge is 2.49. The van der Waals surface area contributed by atoms with Crippen molar-refractivity contribution in [2.75, 3.05) is 0 Å². The lowest BCUT2D eigenvalue weighted by Gasteiger charge is -2.31. The van der Waals surface area contributed by atoms with Crippen LogP contribution < -0.4 is 0 Å². The summed E-state index contributed by atoms with van der Waals surface area (Å²) < 4.78 is 6.80. The average Bonchev–Trinajstić information content (AvgIpc) is 3.44. The van der Waals surface area contributed by atoms with Crippen LogP contribution >= 0.6 is 23.2 Å². The molecule has 0 bridgehead atoms. The lowest BCUT2D eigenvalue weighted by molar-refractivity contribution is 0.600. The van der Waals surface area contributed by atoms with E-state index in [0.717, 1.165) is 32.0 Å². The van der Waals surface area contributed by atoms with Crippen molar-refractivity contribution in [2.24, 2.45) is 0 Å². The minimum Gasteiger partial charge on any atom is -0.455 e. The number of benzene rings is 5. The molecule has 2 aliphatic rings. The maximum Gasteiger partial charge on any atom is 0.144 e. The molecule has 37 heavy (non-hydrogen) atoms. The third-order valence-corrected chi connectivity index (χ3v) is 9.46. The van der Waals surface area contributed by atoms with E-state index in [0.29, 0.717) is 0 Å². The highest BCUT2D eigenvalue weighted by Crippen LogP contribution is 2.64. The van der Waals surface area contributed by atoms with Gasteiger partial charge in [0.1, 0.15) is 11.2 Å². The Labute approximate surface area is 225 Å². The van der Waals surface area contributed by atoms with Crippen LogP contribution in [-0.4, -0.2) is 0 Å². The first kappa shape index (κ1) is 21.8. The van der Waals surface area contributed by atoms with Crippen LogP contribution in [0.5, 0.6) is 0 Å². The number of fused-ring (bicyclic) bond motifs is 14. The van der Waals surface area contributed by atoms with E-state index < -0.39 is 0 Å². The summed E-state index contributed by atoms with van der Waals surface area (Å²) in [6.45, 7) is 9.35. The first-order chi connectivity index (χ1) is 17.7. The Kier molecular flexibility index (Phi) is 3.99. The molecule has 8 rings (SSSR count). The van der Waals surface area contributed by atoms with Gasteiger partial charge in [-0.05, 0) is 68.6 Å². The van der Waals surface area contributed by atoms with Crippen LogP contribution in [0, 0.1) is 0 Å². The van der Waals surface area contributed by atoms with Gasteiger partial charge in [0.25, 0.3) is 0 Å². The van der Waals surface area contributed by atoms with Crippen molar-refractivity contribution in [3.05, 3.63) is 105 Å². The summed E-state index contributed by atoms with van der Waals surface area (Å²) in [7, 11) is 0. The second-order valence-electron chi connectivity index (χ2n) is 11.6. The zero-order chi connectivity index (χ0) is 25.4. The molecule has 0 saturated carbocycles. The standard InChI is InChI=1S/C34H24Cl2O/c1-33(2)22-15-17(35)13-14-20(22)27-28-21-11-7-8-12-25(21)37-32(28)29-26-19-10-6-5-9-18(19)24(36)16-23(26)34(3,4)31(29)30(27)33/h5-16H,1-4H3. The van der Waals surface area contributed by atoms with Crippen LogP contribution in [0.1, 0.15) is 49.9 Å². The van der Waals surface area contributed by atoms with Crippen LogP contribution in [0.25, 0.3) is 55.0 Å². The Morgan fingerprint density at radius 2 is 1.27 bits per heavy atom. The van der Waals surface area contributed by atoms with Gasteiger partial charge < -0.3 is 4.42 Å². The Morgan fingerprint density at radius 3 is 2.05 bits per heavy atom. The maximum absolute atomic E-state index is 6.92.